The van der Waals surface area contributed by atoms with Crippen molar-refractivity contribution in [2.75, 3.05) is 12.4 Å². The molecule has 0 saturated carbocycles. The fourth-order valence-electron chi connectivity index (χ4n) is 4.37. The Morgan fingerprint density at radius 1 is 0.676 bits per heavy atom. The van der Waals surface area contributed by atoms with Gasteiger partial charge in [-0.05, 0) is 66.6 Å². The Morgan fingerprint density at radius 3 is 1.76 bits per heavy atom. The Bertz CT molecular complexity index is 854. The molecule has 0 unspecified atom stereocenters. The van der Waals surface area contributed by atoms with Crippen LogP contribution in [0, 0.1) is 0 Å². The maximum Gasteiger partial charge on any atom is 0.185 e. The zero-order chi connectivity index (χ0) is 26.4. The van der Waals surface area contributed by atoms with Gasteiger partial charge in [-0.3, -0.25) is 4.79 Å². The van der Waals surface area contributed by atoms with E-state index in [-0.39, 0.29) is 5.78 Å². The number of carbonyl (C=O) groups excluding carboxylic acids is 1. The van der Waals surface area contributed by atoms with Gasteiger partial charge in [-0.1, -0.05) is 116 Å². The van der Waals surface area contributed by atoms with E-state index in [1.165, 1.54) is 88.4 Å². The second kappa shape index (κ2) is 21.0. The van der Waals surface area contributed by atoms with Crippen LogP contribution in [0.4, 0.5) is 0 Å². The lowest BCUT2D eigenvalue weighted by atomic mass is 10.0. The molecule has 0 aliphatic rings. The third-order valence-electron chi connectivity index (χ3n) is 6.69. The second-order valence-corrected chi connectivity index (χ2v) is 11.3. The average Bonchev–Trinajstić information content (AvgIpc) is 2.93. The number of carbonyl (C=O) groups is 1. The molecule has 2 aromatic rings. The molecule has 0 heterocycles. The van der Waals surface area contributed by atoms with E-state index >= 15 is 0 Å². The van der Waals surface area contributed by atoms with Gasteiger partial charge in [-0.15, -0.1) is 11.8 Å². The zero-order valence-corrected chi connectivity index (χ0v) is 24.3. The quantitative estimate of drug-likeness (QED) is 0.0665. The van der Waals surface area contributed by atoms with E-state index in [1.807, 2.05) is 66.4 Å². The van der Waals surface area contributed by atoms with E-state index in [4.69, 9.17) is 4.74 Å². The smallest absolute Gasteiger partial charge is 0.185 e. The van der Waals surface area contributed by atoms with E-state index < -0.39 is 0 Å². The van der Waals surface area contributed by atoms with Crippen LogP contribution in [0.1, 0.15) is 126 Å². The number of ketones is 1. The molecule has 37 heavy (non-hydrogen) atoms. The van der Waals surface area contributed by atoms with E-state index in [9.17, 15) is 4.79 Å². The third kappa shape index (κ3) is 15.1. The Hall–Kier alpha value is -2.00. The number of hydrogen-bond acceptors (Lipinski definition) is 3. The molecule has 2 nitrogen and oxygen atoms in total. The molecule has 0 aliphatic carbocycles. The molecule has 0 aliphatic heterocycles. The van der Waals surface area contributed by atoms with Crippen LogP contribution in [0.5, 0.6) is 5.75 Å². The molecular weight excluding hydrogens is 472 g/mol. The van der Waals surface area contributed by atoms with Crippen molar-refractivity contribution in [3.63, 3.8) is 0 Å². The average molecular weight is 523 g/mol. The van der Waals surface area contributed by atoms with Crippen LogP contribution in [0.25, 0.3) is 6.08 Å². The summed E-state index contributed by atoms with van der Waals surface area (Å²) in [6, 6.07) is 15.9. The number of allylic oxidation sites excluding steroid dienone is 1. The minimum absolute atomic E-state index is 0.0326. The molecule has 204 valence electrons. The first-order valence-corrected chi connectivity index (χ1v) is 15.9. The normalized spacial score (nSPS) is 11.3. The fourth-order valence-corrected chi connectivity index (χ4v) is 5.13. The van der Waals surface area contributed by atoms with Crippen LogP contribution in [0.15, 0.2) is 59.5 Å². The van der Waals surface area contributed by atoms with Gasteiger partial charge in [0.15, 0.2) is 5.78 Å². The van der Waals surface area contributed by atoms with Crippen molar-refractivity contribution in [1.29, 1.82) is 0 Å². The van der Waals surface area contributed by atoms with Crippen LogP contribution in [-0.4, -0.2) is 18.1 Å². The van der Waals surface area contributed by atoms with Crippen molar-refractivity contribution in [2.45, 2.75) is 115 Å². The molecule has 0 saturated heterocycles. The van der Waals surface area contributed by atoms with Crippen LogP contribution < -0.4 is 4.74 Å². The lowest BCUT2D eigenvalue weighted by Crippen LogP contribution is -1.97. The van der Waals surface area contributed by atoms with Gasteiger partial charge in [-0.25, -0.2) is 0 Å². The van der Waals surface area contributed by atoms with Gasteiger partial charge in [0.1, 0.15) is 5.75 Å². The standard InChI is InChI=1S/C34H50O2S/c1-3-5-6-7-8-9-10-11-12-13-14-15-16-17-28-36-32-23-18-30(19-24-32)20-27-34(35)31-21-25-33(26-22-31)37-29-4-2/h18-27H,3-17,28-29H2,1-2H3/b27-20+. The molecule has 0 spiro atoms. The summed E-state index contributed by atoms with van der Waals surface area (Å²) in [6.45, 7) is 5.24. The lowest BCUT2D eigenvalue weighted by molar-refractivity contribution is 0.104. The number of benzene rings is 2. The largest absolute Gasteiger partial charge is 0.494 e. The number of rotatable bonds is 22. The lowest BCUT2D eigenvalue weighted by Gasteiger charge is -2.07. The van der Waals surface area contributed by atoms with E-state index in [2.05, 4.69) is 13.8 Å². The van der Waals surface area contributed by atoms with Crippen LogP contribution in [-0.2, 0) is 0 Å². The number of thioether (sulfide) groups is 1. The first-order valence-electron chi connectivity index (χ1n) is 14.9. The van der Waals surface area contributed by atoms with Gasteiger partial charge in [0, 0.05) is 10.5 Å². The molecule has 0 radical (unpaired) electrons. The highest BCUT2D eigenvalue weighted by Gasteiger charge is 2.02. The highest BCUT2D eigenvalue weighted by Crippen LogP contribution is 2.20. The van der Waals surface area contributed by atoms with Crippen molar-refractivity contribution < 1.29 is 9.53 Å². The summed E-state index contributed by atoms with van der Waals surface area (Å²) in [7, 11) is 0. The Balaban J connectivity index is 1.50. The summed E-state index contributed by atoms with van der Waals surface area (Å²) in [5.74, 6) is 2.04. The third-order valence-corrected chi connectivity index (χ3v) is 7.90. The Labute approximate surface area is 231 Å². The summed E-state index contributed by atoms with van der Waals surface area (Å²) in [5, 5.41) is 0. The van der Waals surface area contributed by atoms with Crippen molar-refractivity contribution >= 4 is 23.6 Å². The Kier molecular flexibility index (Phi) is 17.7. The summed E-state index contributed by atoms with van der Waals surface area (Å²) in [5.41, 5.74) is 1.73. The first kappa shape index (κ1) is 31.2. The van der Waals surface area contributed by atoms with E-state index in [0.717, 1.165) is 42.1 Å². The molecule has 0 aromatic heterocycles. The van der Waals surface area contributed by atoms with Crippen molar-refractivity contribution in [3.8, 4) is 5.75 Å². The minimum Gasteiger partial charge on any atom is -0.494 e. The maximum atomic E-state index is 12.5. The predicted octanol–water partition coefficient (Wildman–Crippen LogP) is 10.9. The molecule has 3 heteroatoms. The monoisotopic (exact) mass is 522 g/mol. The van der Waals surface area contributed by atoms with Crippen LogP contribution in [0.3, 0.4) is 0 Å². The van der Waals surface area contributed by atoms with Crippen LogP contribution in [0.2, 0.25) is 0 Å². The summed E-state index contributed by atoms with van der Waals surface area (Å²) >= 11 is 1.83. The van der Waals surface area contributed by atoms with Gasteiger partial charge >= 0.3 is 0 Å². The van der Waals surface area contributed by atoms with Crippen molar-refractivity contribution in [2.24, 2.45) is 0 Å². The molecule has 0 bridgehead atoms. The SMILES string of the molecule is CCCCCCCCCCCCCCCCOc1ccc(/C=C/C(=O)c2ccc(SCCC)cc2)cc1. The molecule has 0 amide bonds. The van der Waals surface area contributed by atoms with Gasteiger partial charge < -0.3 is 4.74 Å². The molecule has 0 N–H and O–H groups in total. The zero-order valence-electron chi connectivity index (χ0n) is 23.5. The highest BCUT2D eigenvalue weighted by molar-refractivity contribution is 7.99. The van der Waals surface area contributed by atoms with Gasteiger partial charge in [0.2, 0.25) is 0 Å². The van der Waals surface area contributed by atoms with E-state index in [0.29, 0.717) is 0 Å². The van der Waals surface area contributed by atoms with Gasteiger partial charge in [-0.2, -0.15) is 0 Å². The fraction of sp³-hybridized carbons (Fsp3) is 0.559. The molecule has 2 aromatic carbocycles. The minimum atomic E-state index is 0.0326. The number of unbranched alkanes of at least 4 members (excludes halogenated alkanes) is 13. The topological polar surface area (TPSA) is 26.3 Å². The van der Waals surface area contributed by atoms with Crippen LogP contribution >= 0.6 is 11.8 Å². The first-order chi connectivity index (χ1) is 18.2. The summed E-state index contributed by atoms with van der Waals surface area (Å²) < 4.78 is 5.91. The highest BCUT2D eigenvalue weighted by atomic mass is 32.2. The van der Waals surface area contributed by atoms with Crippen molar-refractivity contribution in [3.05, 3.63) is 65.7 Å². The molecule has 2 rings (SSSR count). The summed E-state index contributed by atoms with van der Waals surface area (Å²) in [6.07, 6.45) is 23.8. The Morgan fingerprint density at radius 2 is 1.22 bits per heavy atom. The number of ether oxygens (including phenoxy) is 1. The molecule has 0 fully saturated rings. The second-order valence-electron chi connectivity index (χ2n) is 10.1. The number of hydrogen-bond donors (Lipinski definition) is 0. The summed E-state index contributed by atoms with van der Waals surface area (Å²) in [4.78, 5) is 13.7. The van der Waals surface area contributed by atoms with Gasteiger partial charge in [0.25, 0.3) is 0 Å². The van der Waals surface area contributed by atoms with E-state index in [1.54, 1.807) is 6.08 Å². The maximum absolute atomic E-state index is 12.5. The van der Waals surface area contributed by atoms with Gasteiger partial charge in [0.05, 0.1) is 6.61 Å². The molecule has 0 atom stereocenters. The molecular formula is C34H50O2S. The predicted molar refractivity (Wildman–Crippen MR) is 163 cm³/mol. The van der Waals surface area contributed by atoms with Crippen molar-refractivity contribution in [1.82, 2.24) is 0 Å².